The van der Waals surface area contributed by atoms with Crippen molar-refractivity contribution >= 4 is 23.1 Å². The fourth-order valence-corrected chi connectivity index (χ4v) is 4.32. The van der Waals surface area contributed by atoms with Gasteiger partial charge in [0, 0.05) is 29.3 Å². The topological polar surface area (TPSA) is 86.9 Å². The second-order valence-electron chi connectivity index (χ2n) is 9.41. The number of nitriles is 1. The number of aliphatic imine (C=N–C) groups is 1. The minimum absolute atomic E-state index is 0.117. The molecule has 0 amide bonds. The van der Waals surface area contributed by atoms with Crippen molar-refractivity contribution in [1.29, 1.82) is 5.26 Å². The number of fused-ring (bicyclic) bond motifs is 2. The third kappa shape index (κ3) is 4.05. The summed E-state index contributed by atoms with van der Waals surface area (Å²) < 4.78 is 6.05. The van der Waals surface area contributed by atoms with Crippen LogP contribution in [0.2, 0.25) is 0 Å². The third-order valence-corrected chi connectivity index (χ3v) is 6.48. The fraction of sp³-hybridized carbons (Fsp3) is 0.440. The molecule has 1 fully saturated rings. The Morgan fingerprint density at radius 1 is 1.29 bits per heavy atom. The van der Waals surface area contributed by atoms with E-state index in [9.17, 15) is 5.26 Å². The second kappa shape index (κ2) is 7.81. The molecule has 2 atom stereocenters. The Morgan fingerprint density at radius 3 is 2.94 bits per heavy atom. The molecule has 31 heavy (non-hydrogen) atoms. The molecular formula is C25H27N5O. The highest BCUT2D eigenvalue weighted by Crippen LogP contribution is 2.42. The van der Waals surface area contributed by atoms with Crippen LogP contribution in [0, 0.1) is 22.7 Å². The van der Waals surface area contributed by atoms with E-state index in [1.54, 1.807) is 6.33 Å². The lowest BCUT2D eigenvalue weighted by Crippen LogP contribution is -2.28. The number of hydrogen-bond donors (Lipinski definition) is 1. The number of benzene rings is 1. The number of para-hydroxylation sites is 1. The Kier molecular flexibility index (Phi) is 4.97. The first-order chi connectivity index (χ1) is 15.0. The molecule has 0 bridgehead atoms. The molecule has 2 aromatic heterocycles. The van der Waals surface area contributed by atoms with Gasteiger partial charge in [-0.1, -0.05) is 18.2 Å². The predicted octanol–water partition coefficient (Wildman–Crippen LogP) is 5.66. The van der Waals surface area contributed by atoms with Crippen LogP contribution in [0.5, 0.6) is 5.75 Å². The fourth-order valence-electron chi connectivity index (χ4n) is 4.32. The molecule has 6 heteroatoms. The lowest BCUT2D eigenvalue weighted by Gasteiger charge is -2.32. The maximum absolute atomic E-state index is 9.42. The molecule has 0 spiro atoms. The first kappa shape index (κ1) is 19.7. The van der Waals surface area contributed by atoms with Gasteiger partial charge >= 0.3 is 0 Å². The van der Waals surface area contributed by atoms with Crippen LogP contribution in [-0.2, 0) is 0 Å². The number of ether oxygens (including phenoxy) is 1. The quantitative estimate of drug-likeness (QED) is 0.528. The number of aromatic amines is 1. The van der Waals surface area contributed by atoms with E-state index in [0.717, 1.165) is 35.2 Å². The van der Waals surface area contributed by atoms with Crippen molar-refractivity contribution in [3.8, 4) is 11.8 Å². The molecule has 1 N–H and O–H groups in total. The van der Waals surface area contributed by atoms with E-state index >= 15 is 0 Å². The summed E-state index contributed by atoms with van der Waals surface area (Å²) in [5.74, 6) is 2.62. The lowest BCUT2D eigenvalue weighted by atomic mass is 9.78. The van der Waals surface area contributed by atoms with Gasteiger partial charge in [0.2, 0.25) is 0 Å². The standard InChI is InChI=1S/C25H27N5O/c1-25(2,14-26)10-9-17-13-31-22-6-4-3-5-18(22)20(17)12-27-23-19-11-21(16-7-8-16)30-24(19)29-15-28-23/h3-6,11-12,15-17,20H,7-10,13H2,1-2H3,(H,28,29,30)/t17-,20?/m0/s1. The van der Waals surface area contributed by atoms with Gasteiger partial charge in [0.25, 0.3) is 0 Å². The van der Waals surface area contributed by atoms with E-state index in [-0.39, 0.29) is 17.3 Å². The first-order valence-corrected chi connectivity index (χ1v) is 11.0. The molecule has 6 nitrogen and oxygen atoms in total. The van der Waals surface area contributed by atoms with E-state index < -0.39 is 0 Å². The van der Waals surface area contributed by atoms with Crippen LogP contribution in [0.1, 0.15) is 62.6 Å². The minimum Gasteiger partial charge on any atom is -0.493 e. The number of hydrogen-bond acceptors (Lipinski definition) is 5. The molecule has 3 aromatic rings. The molecule has 1 aromatic carbocycles. The maximum Gasteiger partial charge on any atom is 0.164 e. The predicted molar refractivity (Wildman–Crippen MR) is 121 cm³/mol. The van der Waals surface area contributed by atoms with E-state index in [0.29, 0.717) is 18.3 Å². The van der Waals surface area contributed by atoms with Crippen LogP contribution in [0.15, 0.2) is 41.7 Å². The number of H-pyrrole nitrogens is 1. The summed E-state index contributed by atoms with van der Waals surface area (Å²) in [6.45, 7) is 4.62. The highest BCUT2D eigenvalue weighted by Gasteiger charge is 2.31. The number of nitrogens with one attached hydrogen (secondary N) is 1. The molecule has 1 aliphatic heterocycles. The van der Waals surface area contributed by atoms with Crippen LogP contribution in [0.4, 0.5) is 5.82 Å². The second-order valence-corrected chi connectivity index (χ2v) is 9.41. The minimum atomic E-state index is -0.345. The average molecular weight is 414 g/mol. The zero-order valence-electron chi connectivity index (χ0n) is 18.0. The molecule has 5 rings (SSSR count). The van der Waals surface area contributed by atoms with Gasteiger partial charge in [0.05, 0.1) is 23.5 Å². The normalized spacial score (nSPS) is 21.1. The molecular weight excluding hydrogens is 386 g/mol. The van der Waals surface area contributed by atoms with E-state index in [1.165, 1.54) is 18.5 Å². The van der Waals surface area contributed by atoms with Crippen LogP contribution < -0.4 is 4.74 Å². The lowest BCUT2D eigenvalue weighted by molar-refractivity contribution is 0.194. The van der Waals surface area contributed by atoms with Crippen LogP contribution >= 0.6 is 0 Å². The molecule has 158 valence electrons. The van der Waals surface area contributed by atoms with Gasteiger partial charge in [-0.05, 0) is 57.6 Å². The van der Waals surface area contributed by atoms with Crippen molar-refractivity contribution in [2.45, 2.75) is 51.4 Å². The highest BCUT2D eigenvalue weighted by molar-refractivity contribution is 5.88. The largest absolute Gasteiger partial charge is 0.493 e. The van der Waals surface area contributed by atoms with Crippen LogP contribution in [-0.4, -0.2) is 27.8 Å². The van der Waals surface area contributed by atoms with Crippen molar-refractivity contribution in [2.24, 2.45) is 16.3 Å². The van der Waals surface area contributed by atoms with Crippen LogP contribution in [0.25, 0.3) is 11.0 Å². The molecule has 0 radical (unpaired) electrons. The average Bonchev–Trinajstić information content (AvgIpc) is 3.55. The van der Waals surface area contributed by atoms with Crippen molar-refractivity contribution in [3.05, 3.63) is 47.9 Å². The molecule has 0 saturated heterocycles. The van der Waals surface area contributed by atoms with Gasteiger partial charge in [-0.2, -0.15) is 5.26 Å². The summed E-state index contributed by atoms with van der Waals surface area (Å²) in [6.07, 6.45) is 7.80. The Bertz CT molecular complexity index is 1170. The van der Waals surface area contributed by atoms with Crippen molar-refractivity contribution in [1.82, 2.24) is 15.0 Å². The smallest absolute Gasteiger partial charge is 0.164 e. The number of aromatic nitrogens is 3. The van der Waals surface area contributed by atoms with Crippen molar-refractivity contribution in [3.63, 3.8) is 0 Å². The zero-order chi connectivity index (χ0) is 21.4. The monoisotopic (exact) mass is 413 g/mol. The molecule has 1 aliphatic carbocycles. The summed E-state index contributed by atoms with van der Waals surface area (Å²) in [4.78, 5) is 17.1. The van der Waals surface area contributed by atoms with Crippen LogP contribution in [0.3, 0.4) is 0 Å². The zero-order valence-corrected chi connectivity index (χ0v) is 18.0. The Morgan fingerprint density at radius 2 is 2.13 bits per heavy atom. The summed E-state index contributed by atoms with van der Waals surface area (Å²) in [6, 6.07) is 12.7. The first-order valence-electron chi connectivity index (χ1n) is 11.0. The molecule has 1 saturated carbocycles. The maximum atomic E-state index is 9.42. The summed E-state index contributed by atoms with van der Waals surface area (Å²) in [5, 5.41) is 10.4. The van der Waals surface area contributed by atoms with Gasteiger partial charge in [-0.15, -0.1) is 0 Å². The SMILES string of the molecule is CC(C)(C#N)CC[C@H]1COc2ccccc2C1C=Nc1ncnc2[nH]c(C3CC3)cc12. The Balaban J connectivity index is 1.46. The third-order valence-electron chi connectivity index (χ3n) is 6.48. The van der Waals surface area contributed by atoms with Gasteiger partial charge in [0.1, 0.15) is 17.7 Å². The Labute approximate surface area is 182 Å². The molecule has 1 unspecified atom stereocenters. The van der Waals surface area contributed by atoms with Crippen molar-refractivity contribution < 1.29 is 4.74 Å². The summed E-state index contributed by atoms with van der Waals surface area (Å²) in [5.41, 5.74) is 2.89. The van der Waals surface area contributed by atoms with E-state index in [4.69, 9.17) is 9.73 Å². The highest BCUT2D eigenvalue weighted by atomic mass is 16.5. The number of rotatable bonds is 6. The van der Waals surface area contributed by atoms with Gasteiger partial charge < -0.3 is 9.72 Å². The molecule has 3 heterocycles. The Hall–Kier alpha value is -3.20. The number of nitrogens with zero attached hydrogens (tertiary/aromatic N) is 4. The summed E-state index contributed by atoms with van der Waals surface area (Å²) >= 11 is 0. The van der Waals surface area contributed by atoms with Gasteiger partial charge in [0.15, 0.2) is 5.82 Å². The van der Waals surface area contributed by atoms with Gasteiger partial charge in [-0.3, -0.25) is 0 Å². The van der Waals surface area contributed by atoms with Gasteiger partial charge in [-0.25, -0.2) is 15.0 Å². The van der Waals surface area contributed by atoms with E-state index in [2.05, 4.69) is 33.2 Å². The van der Waals surface area contributed by atoms with E-state index in [1.807, 2.05) is 38.3 Å². The molecule has 2 aliphatic rings. The summed E-state index contributed by atoms with van der Waals surface area (Å²) in [7, 11) is 0. The van der Waals surface area contributed by atoms with Crippen molar-refractivity contribution in [2.75, 3.05) is 6.61 Å².